The number of hydrogen-bond donors (Lipinski definition) is 0. The van der Waals surface area contributed by atoms with Crippen molar-refractivity contribution in [3.63, 3.8) is 0 Å². The van der Waals surface area contributed by atoms with E-state index in [-0.39, 0.29) is 0 Å². The fraction of sp³-hybridized carbons (Fsp3) is 0.0169. The number of anilines is 3. The Kier molecular flexibility index (Phi) is 8.79. The van der Waals surface area contributed by atoms with E-state index >= 15 is 0 Å². The Morgan fingerprint density at radius 1 is 0.317 bits per heavy atom. The van der Waals surface area contributed by atoms with E-state index < -0.39 is 5.41 Å². The molecule has 10 aromatic rings. The number of nitrogens with zero attached hydrogens (tertiary/aromatic N) is 1. The summed E-state index contributed by atoms with van der Waals surface area (Å²) in [5.74, 6) is 0. The number of benzene rings is 10. The third kappa shape index (κ3) is 5.86. The zero-order chi connectivity index (χ0) is 39.9. The highest BCUT2D eigenvalue weighted by Gasteiger charge is 2.48. The van der Waals surface area contributed by atoms with Crippen LogP contribution < -0.4 is 4.90 Å². The normalized spacial score (nSPS) is 12.5. The molecule has 0 atom stereocenters. The molecule has 1 aliphatic rings. The van der Waals surface area contributed by atoms with Crippen LogP contribution in [0.15, 0.2) is 249 Å². The highest BCUT2D eigenvalue weighted by molar-refractivity contribution is 6.08. The minimum Gasteiger partial charge on any atom is -0.310 e. The Morgan fingerprint density at radius 3 is 1.22 bits per heavy atom. The number of rotatable bonds is 8. The second kappa shape index (κ2) is 14.9. The zero-order valence-corrected chi connectivity index (χ0v) is 33.1. The van der Waals surface area contributed by atoms with Crippen molar-refractivity contribution in [1.29, 1.82) is 0 Å². The lowest BCUT2D eigenvalue weighted by molar-refractivity contribution is 0.775. The highest BCUT2D eigenvalue weighted by atomic mass is 15.1. The van der Waals surface area contributed by atoms with Gasteiger partial charge in [-0.2, -0.15) is 0 Å². The van der Waals surface area contributed by atoms with Crippen LogP contribution in [0.25, 0.3) is 55.3 Å². The van der Waals surface area contributed by atoms with Gasteiger partial charge >= 0.3 is 0 Å². The molecular formula is C59H41N. The van der Waals surface area contributed by atoms with E-state index in [2.05, 4.69) is 254 Å². The predicted molar refractivity (Wildman–Crippen MR) is 252 cm³/mol. The molecule has 0 saturated carbocycles. The van der Waals surface area contributed by atoms with Crippen LogP contribution in [0.1, 0.15) is 22.3 Å². The summed E-state index contributed by atoms with van der Waals surface area (Å²) >= 11 is 0. The van der Waals surface area contributed by atoms with E-state index in [1.807, 2.05) is 0 Å². The van der Waals surface area contributed by atoms with Crippen molar-refractivity contribution in [2.45, 2.75) is 5.41 Å². The molecule has 11 rings (SSSR count). The minimum absolute atomic E-state index is 0.599. The van der Waals surface area contributed by atoms with E-state index in [9.17, 15) is 0 Å². The van der Waals surface area contributed by atoms with Gasteiger partial charge < -0.3 is 4.90 Å². The molecule has 0 saturated heterocycles. The van der Waals surface area contributed by atoms with Gasteiger partial charge in [0.1, 0.15) is 0 Å². The van der Waals surface area contributed by atoms with Gasteiger partial charge in [-0.15, -0.1) is 0 Å². The second-order valence-corrected chi connectivity index (χ2v) is 15.6. The van der Waals surface area contributed by atoms with Crippen LogP contribution in [0, 0.1) is 0 Å². The Morgan fingerprint density at radius 2 is 0.717 bits per heavy atom. The summed E-state index contributed by atoms with van der Waals surface area (Å²) < 4.78 is 0. The largest absolute Gasteiger partial charge is 0.310 e. The molecule has 60 heavy (non-hydrogen) atoms. The lowest BCUT2D eigenvalue weighted by Gasteiger charge is -2.35. The van der Waals surface area contributed by atoms with Gasteiger partial charge in [0.25, 0.3) is 0 Å². The molecule has 0 heterocycles. The van der Waals surface area contributed by atoms with E-state index in [1.165, 1.54) is 77.5 Å². The first-order chi connectivity index (χ1) is 29.8. The molecule has 1 heteroatoms. The van der Waals surface area contributed by atoms with Crippen LogP contribution in [0.3, 0.4) is 0 Å². The molecule has 10 aromatic carbocycles. The Labute approximate surface area is 352 Å². The summed E-state index contributed by atoms with van der Waals surface area (Å²) in [6.07, 6.45) is 0. The Hall–Kier alpha value is -7.74. The van der Waals surface area contributed by atoms with Crippen LogP contribution in [0.5, 0.6) is 0 Å². The van der Waals surface area contributed by atoms with E-state index in [4.69, 9.17) is 0 Å². The summed E-state index contributed by atoms with van der Waals surface area (Å²) in [4.78, 5) is 2.48. The molecule has 282 valence electrons. The molecule has 0 bridgehead atoms. The van der Waals surface area contributed by atoms with Crippen molar-refractivity contribution < 1.29 is 0 Å². The summed E-state index contributed by atoms with van der Waals surface area (Å²) in [6.45, 7) is 0. The standard InChI is InChI=1S/C59H41N/c1-6-18-42(19-7-1)45-32-36-51(37-33-45)60(52-38-34-46(35-39-52)43-20-8-2-9-21-43)56-41-48-31-30-47(44-22-10-3-11-23-44)40-54(48)58-57(56)53-28-16-17-29-55(53)59(58,49-24-12-4-13-25-49)50-26-14-5-15-27-50/h1-41H. The van der Waals surface area contributed by atoms with Crippen LogP contribution >= 0.6 is 0 Å². The Bertz CT molecular complexity index is 2960. The van der Waals surface area contributed by atoms with Gasteiger partial charge in [0, 0.05) is 16.9 Å². The first-order valence-corrected chi connectivity index (χ1v) is 20.8. The smallest absolute Gasteiger partial charge is 0.0720 e. The maximum absolute atomic E-state index is 2.48. The zero-order valence-electron chi connectivity index (χ0n) is 33.1. The SMILES string of the molecule is c1ccc(-c2ccc(N(c3ccc(-c4ccccc4)cc3)c3cc4ccc(-c5ccccc5)cc4c4c3-c3ccccc3C4(c3ccccc3)c3ccccc3)cc2)cc1. The number of fused-ring (bicyclic) bond motifs is 5. The van der Waals surface area contributed by atoms with Gasteiger partial charge in [-0.1, -0.05) is 212 Å². The first kappa shape index (κ1) is 35.4. The molecule has 0 radical (unpaired) electrons. The third-order valence-electron chi connectivity index (χ3n) is 12.3. The summed E-state index contributed by atoms with van der Waals surface area (Å²) in [5.41, 5.74) is 17.5. The van der Waals surface area contributed by atoms with E-state index in [1.54, 1.807) is 0 Å². The minimum atomic E-state index is -0.599. The average molecular weight is 764 g/mol. The maximum atomic E-state index is 2.48. The number of hydrogen-bond acceptors (Lipinski definition) is 1. The topological polar surface area (TPSA) is 3.24 Å². The molecule has 0 fully saturated rings. The van der Waals surface area contributed by atoms with Crippen LogP contribution in [0.2, 0.25) is 0 Å². The van der Waals surface area contributed by atoms with Crippen molar-refractivity contribution in [2.75, 3.05) is 4.90 Å². The van der Waals surface area contributed by atoms with Crippen molar-refractivity contribution in [2.24, 2.45) is 0 Å². The predicted octanol–water partition coefficient (Wildman–Crippen LogP) is 15.7. The summed E-state index contributed by atoms with van der Waals surface area (Å²) in [7, 11) is 0. The summed E-state index contributed by atoms with van der Waals surface area (Å²) in [5, 5.41) is 2.44. The van der Waals surface area contributed by atoms with Gasteiger partial charge in [-0.25, -0.2) is 0 Å². The van der Waals surface area contributed by atoms with Crippen LogP contribution in [0.4, 0.5) is 17.1 Å². The first-order valence-electron chi connectivity index (χ1n) is 20.8. The van der Waals surface area contributed by atoms with Gasteiger partial charge in [0.2, 0.25) is 0 Å². The van der Waals surface area contributed by atoms with Crippen molar-refractivity contribution in [3.05, 3.63) is 271 Å². The molecule has 0 unspecified atom stereocenters. The average Bonchev–Trinajstić information content (AvgIpc) is 3.66. The monoisotopic (exact) mass is 763 g/mol. The van der Waals surface area contributed by atoms with Crippen LogP contribution in [-0.4, -0.2) is 0 Å². The van der Waals surface area contributed by atoms with E-state index in [0.717, 1.165) is 17.1 Å². The van der Waals surface area contributed by atoms with E-state index in [0.29, 0.717) is 0 Å². The third-order valence-corrected chi connectivity index (χ3v) is 12.3. The lowest BCUT2D eigenvalue weighted by atomic mass is 9.66. The quantitative estimate of drug-likeness (QED) is 0.149. The molecule has 1 nitrogen and oxygen atoms in total. The van der Waals surface area contributed by atoms with Gasteiger partial charge in [-0.05, 0) is 108 Å². The molecule has 0 aromatic heterocycles. The molecule has 0 spiro atoms. The highest BCUT2D eigenvalue weighted by Crippen LogP contribution is 2.61. The van der Waals surface area contributed by atoms with Gasteiger partial charge in [0.05, 0.1) is 11.1 Å². The van der Waals surface area contributed by atoms with Gasteiger partial charge in [-0.3, -0.25) is 0 Å². The molecule has 0 N–H and O–H groups in total. The fourth-order valence-electron chi connectivity index (χ4n) is 9.63. The fourth-order valence-corrected chi connectivity index (χ4v) is 9.63. The maximum Gasteiger partial charge on any atom is 0.0720 e. The molecular weight excluding hydrogens is 723 g/mol. The van der Waals surface area contributed by atoms with Crippen molar-refractivity contribution >= 4 is 27.8 Å². The Balaban J connectivity index is 1.25. The van der Waals surface area contributed by atoms with Crippen LogP contribution in [-0.2, 0) is 5.41 Å². The second-order valence-electron chi connectivity index (χ2n) is 15.6. The molecule has 1 aliphatic carbocycles. The summed E-state index contributed by atoms with van der Waals surface area (Å²) in [6, 6.07) is 91.2. The lowest BCUT2D eigenvalue weighted by Crippen LogP contribution is -2.29. The molecule has 0 amide bonds. The van der Waals surface area contributed by atoms with Gasteiger partial charge in [0.15, 0.2) is 0 Å². The van der Waals surface area contributed by atoms with Crippen molar-refractivity contribution in [1.82, 2.24) is 0 Å². The molecule has 0 aliphatic heterocycles. The van der Waals surface area contributed by atoms with Crippen molar-refractivity contribution in [3.8, 4) is 44.5 Å².